The molecule has 0 bridgehead atoms. The van der Waals surface area contributed by atoms with Crippen LogP contribution in [0.4, 0.5) is 20.6 Å². The molecule has 3 aromatic carbocycles. The molecule has 0 radical (unpaired) electrons. The maximum Gasteiger partial charge on any atom is 0.318 e. The quantitative estimate of drug-likeness (QED) is 0.196. The van der Waals surface area contributed by atoms with Gasteiger partial charge in [0, 0.05) is 55.7 Å². The largest absolute Gasteiger partial charge is 0.491 e. The van der Waals surface area contributed by atoms with Gasteiger partial charge in [0.15, 0.2) is 0 Å². The molecule has 0 spiro atoms. The van der Waals surface area contributed by atoms with Crippen molar-refractivity contribution in [3.8, 4) is 5.75 Å². The van der Waals surface area contributed by atoms with Gasteiger partial charge in [-0.1, -0.05) is 43.3 Å². The SMILES string of the molecule is C[C@H](c1c[nH]c2ccccc12)[C@@H](NC(=O)N1CCN(c2ccccc2F)CC1)C(=O)Nc1cc(CN(C)C)ccc1OCC1CC1. The Morgan fingerprint density at radius 2 is 1.76 bits per heavy atom. The number of anilines is 2. The van der Waals surface area contributed by atoms with Crippen LogP contribution in [0.3, 0.4) is 0 Å². The zero-order valence-corrected chi connectivity index (χ0v) is 26.8. The summed E-state index contributed by atoms with van der Waals surface area (Å²) in [7, 11) is 4.00. The van der Waals surface area contributed by atoms with Gasteiger partial charge in [-0.05, 0) is 74.3 Å². The lowest BCUT2D eigenvalue weighted by molar-refractivity contribution is -0.118. The highest BCUT2D eigenvalue weighted by Gasteiger charge is 2.33. The molecule has 10 heteroatoms. The summed E-state index contributed by atoms with van der Waals surface area (Å²) in [6.45, 7) is 5.07. The molecular weight excluding hydrogens is 583 g/mol. The third kappa shape index (κ3) is 7.28. The summed E-state index contributed by atoms with van der Waals surface area (Å²) >= 11 is 0. The van der Waals surface area contributed by atoms with Crippen molar-refractivity contribution in [1.29, 1.82) is 0 Å². The number of carbonyl (C=O) groups is 2. The van der Waals surface area contributed by atoms with E-state index in [4.69, 9.17) is 4.74 Å². The summed E-state index contributed by atoms with van der Waals surface area (Å²) in [5.74, 6) is 0.212. The van der Waals surface area contributed by atoms with Gasteiger partial charge in [-0.2, -0.15) is 0 Å². The lowest BCUT2D eigenvalue weighted by Gasteiger charge is -2.37. The maximum absolute atomic E-state index is 14.4. The number of nitrogens with one attached hydrogen (secondary N) is 3. The molecule has 9 nitrogen and oxygen atoms in total. The normalized spacial score (nSPS) is 16.4. The highest BCUT2D eigenvalue weighted by molar-refractivity contribution is 5.99. The van der Waals surface area contributed by atoms with E-state index in [1.165, 1.54) is 6.07 Å². The van der Waals surface area contributed by atoms with Crippen LogP contribution >= 0.6 is 0 Å². The Labute approximate surface area is 269 Å². The lowest BCUT2D eigenvalue weighted by atomic mass is 9.92. The number of rotatable bonds is 11. The predicted octanol–water partition coefficient (Wildman–Crippen LogP) is 5.80. The van der Waals surface area contributed by atoms with Crippen LogP contribution < -0.4 is 20.3 Å². The Kier molecular flexibility index (Phi) is 9.44. The van der Waals surface area contributed by atoms with Crippen molar-refractivity contribution in [2.75, 3.05) is 57.1 Å². The first-order valence-electron chi connectivity index (χ1n) is 16.1. The number of hydrogen-bond donors (Lipinski definition) is 3. The molecular formula is C36H43FN6O3. The third-order valence-electron chi connectivity index (χ3n) is 8.91. The predicted molar refractivity (Wildman–Crippen MR) is 180 cm³/mol. The number of piperazine rings is 1. The molecule has 46 heavy (non-hydrogen) atoms. The average molecular weight is 627 g/mol. The number of nitrogens with zero attached hydrogens (tertiary/aromatic N) is 3. The number of hydrogen-bond acceptors (Lipinski definition) is 5. The molecule has 3 N–H and O–H groups in total. The van der Waals surface area contributed by atoms with Gasteiger partial charge in [-0.15, -0.1) is 0 Å². The zero-order chi connectivity index (χ0) is 32.2. The topological polar surface area (TPSA) is 92.9 Å². The number of fused-ring (bicyclic) bond motifs is 1. The fraction of sp³-hybridized carbons (Fsp3) is 0.389. The van der Waals surface area contributed by atoms with Gasteiger partial charge < -0.3 is 35.1 Å². The summed E-state index contributed by atoms with van der Waals surface area (Å²) in [5, 5.41) is 7.20. The summed E-state index contributed by atoms with van der Waals surface area (Å²) in [4.78, 5) is 37.0. The molecule has 242 valence electrons. The summed E-state index contributed by atoms with van der Waals surface area (Å²) < 4.78 is 20.6. The van der Waals surface area contributed by atoms with E-state index in [-0.39, 0.29) is 23.7 Å². The number of H-pyrrole nitrogens is 1. The number of urea groups is 1. The number of halogens is 1. The van der Waals surface area contributed by atoms with Crippen LogP contribution in [0.25, 0.3) is 10.9 Å². The molecule has 1 aliphatic carbocycles. The molecule has 6 rings (SSSR count). The molecule has 2 heterocycles. The van der Waals surface area contributed by atoms with Crippen molar-refractivity contribution < 1.29 is 18.7 Å². The van der Waals surface area contributed by atoms with E-state index in [0.717, 1.165) is 34.9 Å². The fourth-order valence-electron chi connectivity index (χ4n) is 6.12. The van der Waals surface area contributed by atoms with Gasteiger partial charge in [0.05, 0.1) is 18.0 Å². The first-order valence-corrected chi connectivity index (χ1v) is 16.1. The Bertz CT molecular complexity index is 1680. The summed E-state index contributed by atoms with van der Waals surface area (Å²) in [5.41, 5.74) is 4.06. The minimum atomic E-state index is -0.884. The molecule has 1 saturated heterocycles. The molecule has 3 amide bonds. The van der Waals surface area contributed by atoms with Crippen molar-refractivity contribution in [2.24, 2.45) is 5.92 Å². The van der Waals surface area contributed by atoms with E-state index < -0.39 is 6.04 Å². The highest BCUT2D eigenvalue weighted by atomic mass is 19.1. The van der Waals surface area contributed by atoms with E-state index in [1.54, 1.807) is 17.0 Å². The van der Waals surface area contributed by atoms with Gasteiger partial charge >= 0.3 is 6.03 Å². The maximum atomic E-state index is 14.4. The van der Waals surface area contributed by atoms with Crippen molar-refractivity contribution >= 4 is 34.2 Å². The molecule has 1 aliphatic heterocycles. The van der Waals surface area contributed by atoms with Gasteiger partial charge in [-0.3, -0.25) is 4.79 Å². The lowest BCUT2D eigenvalue weighted by Crippen LogP contribution is -2.56. The average Bonchev–Trinajstić information content (AvgIpc) is 3.79. The van der Waals surface area contributed by atoms with Crippen LogP contribution in [-0.4, -0.2) is 79.6 Å². The molecule has 0 unspecified atom stereocenters. The highest BCUT2D eigenvalue weighted by Crippen LogP contribution is 2.34. The zero-order valence-electron chi connectivity index (χ0n) is 26.8. The molecule has 1 saturated carbocycles. The third-order valence-corrected chi connectivity index (χ3v) is 8.91. The second-order valence-corrected chi connectivity index (χ2v) is 12.7. The van der Waals surface area contributed by atoms with Gasteiger partial charge in [0.25, 0.3) is 0 Å². The van der Waals surface area contributed by atoms with Crippen LogP contribution in [0.5, 0.6) is 5.75 Å². The molecule has 2 atom stereocenters. The summed E-state index contributed by atoms with van der Waals surface area (Å²) in [6.07, 6.45) is 4.23. The van der Waals surface area contributed by atoms with Crippen LogP contribution in [0.2, 0.25) is 0 Å². The second kappa shape index (κ2) is 13.8. The number of aromatic amines is 1. The standard InChI is InChI=1S/C36H43FN6O3/c1-24(28-21-38-30-10-6-4-8-27(28)30)34(40-36(45)43-18-16-42(17-19-43)32-11-7-5-9-29(32)37)35(44)39-31-20-26(22-41(2)3)14-15-33(31)46-23-25-12-13-25/h4-11,14-15,20-21,24-25,34,38H,12-13,16-19,22-23H2,1-3H3,(H,39,44)(H,40,45)/t24-,34-/m1/s1. The Balaban J connectivity index is 1.23. The van der Waals surface area contributed by atoms with Gasteiger partial charge in [0.2, 0.25) is 5.91 Å². The van der Waals surface area contributed by atoms with Crippen LogP contribution in [0.15, 0.2) is 72.9 Å². The Hall–Kier alpha value is -4.57. The van der Waals surface area contributed by atoms with Gasteiger partial charge in [-0.25, -0.2) is 9.18 Å². The van der Waals surface area contributed by atoms with Crippen LogP contribution in [0.1, 0.15) is 36.8 Å². The van der Waals surface area contributed by atoms with Gasteiger partial charge in [0.1, 0.15) is 17.6 Å². The number of carbonyl (C=O) groups excluding carboxylic acids is 2. The van der Waals surface area contributed by atoms with E-state index in [9.17, 15) is 14.0 Å². The molecule has 2 aliphatic rings. The Morgan fingerprint density at radius 3 is 2.50 bits per heavy atom. The second-order valence-electron chi connectivity index (χ2n) is 12.7. The van der Waals surface area contributed by atoms with Crippen molar-refractivity contribution in [3.05, 3.63) is 89.9 Å². The minimum absolute atomic E-state index is 0.278. The van der Waals surface area contributed by atoms with Crippen LogP contribution in [-0.2, 0) is 11.3 Å². The van der Waals surface area contributed by atoms with E-state index >= 15 is 0 Å². The van der Waals surface area contributed by atoms with Crippen molar-refractivity contribution in [3.63, 3.8) is 0 Å². The smallest absolute Gasteiger partial charge is 0.318 e. The first kappa shape index (κ1) is 31.4. The monoisotopic (exact) mass is 626 g/mol. The van der Waals surface area contributed by atoms with Crippen molar-refractivity contribution in [1.82, 2.24) is 20.1 Å². The number of amides is 3. The molecule has 1 aromatic heterocycles. The van der Waals surface area contributed by atoms with E-state index in [1.807, 2.05) is 80.6 Å². The van der Waals surface area contributed by atoms with E-state index in [2.05, 4.69) is 20.5 Å². The molecule has 4 aromatic rings. The summed E-state index contributed by atoms with van der Waals surface area (Å²) in [6, 6.07) is 19.3. The Morgan fingerprint density at radius 1 is 1.02 bits per heavy atom. The minimum Gasteiger partial charge on any atom is -0.491 e. The number of ether oxygens (including phenoxy) is 1. The van der Waals surface area contributed by atoms with Crippen molar-refractivity contribution in [2.45, 2.75) is 38.3 Å². The number of benzene rings is 3. The number of aromatic nitrogens is 1. The fourth-order valence-corrected chi connectivity index (χ4v) is 6.12. The van der Waals surface area contributed by atoms with E-state index in [0.29, 0.717) is 62.4 Å². The number of para-hydroxylation sites is 2. The molecule has 2 fully saturated rings. The first-order chi connectivity index (χ1) is 22.3. The van der Waals surface area contributed by atoms with Crippen LogP contribution in [0, 0.1) is 11.7 Å².